The van der Waals surface area contributed by atoms with E-state index in [1.54, 1.807) is 30.6 Å². The summed E-state index contributed by atoms with van der Waals surface area (Å²) >= 11 is 6.82. The number of hydrogen-bond donors (Lipinski definition) is 2. The number of carbonyl (C=O) groups is 1. The first-order valence-electron chi connectivity index (χ1n) is 10.9. The van der Waals surface area contributed by atoms with E-state index in [4.69, 9.17) is 0 Å². The van der Waals surface area contributed by atoms with Crippen LogP contribution in [0.5, 0.6) is 0 Å². The monoisotopic (exact) mass is 522 g/mol. The number of hydrogen-bond acceptors (Lipinski definition) is 7. The van der Waals surface area contributed by atoms with Gasteiger partial charge >= 0.3 is 0 Å². The maximum absolute atomic E-state index is 12.9. The molecular weight excluding hydrogens is 489 g/mol. The minimum absolute atomic E-state index is 0.131. The van der Waals surface area contributed by atoms with Gasteiger partial charge < -0.3 is 10.5 Å². The Morgan fingerprint density at radius 1 is 0.939 bits per heavy atom. The third kappa shape index (κ3) is 9.51. The molecule has 1 amide bonds. The van der Waals surface area contributed by atoms with Crippen LogP contribution in [0, 0.1) is 5.92 Å². The second kappa shape index (κ2) is 14.2. The molecule has 3 unspecified atom stereocenters. The Morgan fingerprint density at radius 2 is 1.42 bits per heavy atom. The Hall–Kier alpha value is -1.22. The number of carbonyl (C=O) groups excluding carboxylic acids is 1. The molecule has 0 aliphatic carbocycles. The molecule has 2 rings (SSSR count). The highest BCUT2D eigenvalue weighted by Gasteiger charge is 2.41. The van der Waals surface area contributed by atoms with Gasteiger partial charge in [0.1, 0.15) is 11.0 Å². The number of benzene rings is 2. The fraction of sp³-hybridized carbons (Fsp3) is 0.440. The van der Waals surface area contributed by atoms with Crippen molar-refractivity contribution in [3.8, 4) is 0 Å². The quantitative estimate of drug-likeness (QED) is 0.103. The Labute approximate surface area is 215 Å². The summed E-state index contributed by atoms with van der Waals surface area (Å²) in [4.78, 5) is 12.9. The molecule has 0 aromatic heterocycles. The molecule has 33 heavy (non-hydrogen) atoms. The smallest absolute Gasteiger partial charge is 0.230 e. The van der Waals surface area contributed by atoms with Gasteiger partial charge in [0.15, 0.2) is 0 Å². The molecule has 8 heteroatoms. The predicted octanol–water partition coefficient (Wildman–Crippen LogP) is 6.94. The van der Waals surface area contributed by atoms with Crippen molar-refractivity contribution < 1.29 is 10.0 Å². The second-order valence-electron chi connectivity index (χ2n) is 8.05. The van der Waals surface area contributed by atoms with Crippen molar-refractivity contribution >= 4 is 58.0 Å². The van der Waals surface area contributed by atoms with Crippen molar-refractivity contribution in [3.05, 3.63) is 71.8 Å². The van der Waals surface area contributed by atoms with Crippen molar-refractivity contribution in [2.45, 2.75) is 53.1 Å². The van der Waals surface area contributed by atoms with Crippen LogP contribution in [0.15, 0.2) is 65.8 Å². The van der Waals surface area contributed by atoms with E-state index in [0.29, 0.717) is 5.04 Å². The molecule has 2 aromatic carbocycles. The van der Waals surface area contributed by atoms with Crippen LogP contribution in [0.3, 0.4) is 0 Å². The first-order valence-corrected chi connectivity index (χ1v) is 14.7. The fourth-order valence-corrected chi connectivity index (χ4v) is 8.77. The largest absolute Gasteiger partial charge is 0.410 e. The van der Waals surface area contributed by atoms with Gasteiger partial charge in [-0.2, -0.15) is 0 Å². The van der Waals surface area contributed by atoms with Gasteiger partial charge in [0, 0.05) is 27.9 Å². The van der Waals surface area contributed by atoms with Gasteiger partial charge in [0.25, 0.3) is 0 Å². The number of oxime groups is 1. The zero-order valence-corrected chi connectivity index (χ0v) is 23.1. The van der Waals surface area contributed by atoms with Crippen LogP contribution in [0.1, 0.15) is 38.8 Å². The molecule has 3 atom stereocenters. The van der Waals surface area contributed by atoms with Gasteiger partial charge in [-0.3, -0.25) is 4.79 Å². The SMILES string of the molecule is CNC(=O)C(/C(=N/O)SC(C)SCc1ccccc1)C(C)(C)SC(C)SCc1ccccc1. The minimum atomic E-state index is -0.554. The summed E-state index contributed by atoms with van der Waals surface area (Å²) in [5, 5.41) is 16.7. The summed E-state index contributed by atoms with van der Waals surface area (Å²) in [6.45, 7) is 8.38. The van der Waals surface area contributed by atoms with Crippen LogP contribution in [0.4, 0.5) is 0 Å². The first kappa shape index (κ1) is 28.0. The average Bonchev–Trinajstić information content (AvgIpc) is 2.81. The van der Waals surface area contributed by atoms with E-state index >= 15 is 0 Å². The summed E-state index contributed by atoms with van der Waals surface area (Å²) < 4.78 is -0.0576. The molecule has 0 bridgehead atoms. The van der Waals surface area contributed by atoms with Crippen molar-refractivity contribution in [2.75, 3.05) is 7.05 Å². The lowest BCUT2D eigenvalue weighted by molar-refractivity contribution is -0.123. The highest BCUT2D eigenvalue weighted by Crippen LogP contribution is 2.43. The van der Waals surface area contributed by atoms with E-state index in [1.807, 2.05) is 36.0 Å². The summed E-state index contributed by atoms with van der Waals surface area (Å²) in [6.07, 6.45) is 0. The summed E-state index contributed by atoms with van der Waals surface area (Å²) in [6, 6.07) is 20.7. The zero-order valence-electron chi connectivity index (χ0n) is 19.9. The molecule has 0 aliphatic heterocycles. The molecular formula is C25H34N2O2S4. The van der Waals surface area contributed by atoms with Gasteiger partial charge in [-0.15, -0.1) is 35.3 Å². The molecule has 0 fully saturated rings. The average molecular weight is 523 g/mol. The Bertz CT molecular complexity index is 878. The fourth-order valence-electron chi connectivity index (χ4n) is 3.33. The van der Waals surface area contributed by atoms with E-state index < -0.39 is 10.7 Å². The van der Waals surface area contributed by atoms with E-state index in [-0.39, 0.29) is 15.1 Å². The van der Waals surface area contributed by atoms with Crippen molar-refractivity contribution in [1.29, 1.82) is 0 Å². The summed E-state index contributed by atoms with van der Waals surface area (Å²) in [5.41, 5.74) is 2.54. The Balaban J connectivity index is 2.03. The van der Waals surface area contributed by atoms with Crippen LogP contribution in [-0.4, -0.2) is 37.1 Å². The van der Waals surface area contributed by atoms with E-state index in [1.165, 1.54) is 22.9 Å². The van der Waals surface area contributed by atoms with Crippen LogP contribution in [0.25, 0.3) is 0 Å². The summed E-state index contributed by atoms with van der Waals surface area (Å²) in [7, 11) is 1.64. The van der Waals surface area contributed by atoms with Crippen molar-refractivity contribution in [1.82, 2.24) is 5.32 Å². The van der Waals surface area contributed by atoms with E-state index in [0.717, 1.165) is 11.5 Å². The van der Waals surface area contributed by atoms with Crippen LogP contribution in [-0.2, 0) is 16.3 Å². The molecule has 0 radical (unpaired) electrons. The Morgan fingerprint density at radius 3 is 1.88 bits per heavy atom. The third-order valence-corrected chi connectivity index (χ3v) is 10.4. The molecule has 0 saturated carbocycles. The normalized spacial score (nSPS) is 15.0. The van der Waals surface area contributed by atoms with Crippen LogP contribution < -0.4 is 5.32 Å². The van der Waals surface area contributed by atoms with Crippen LogP contribution in [0.2, 0.25) is 0 Å². The highest BCUT2D eigenvalue weighted by molar-refractivity contribution is 8.24. The molecule has 0 aliphatic rings. The molecule has 2 N–H and O–H groups in total. The number of amides is 1. The van der Waals surface area contributed by atoms with E-state index in [9.17, 15) is 10.0 Å². The molecule has 0 spiro atoms. The molecule has 0 saturated heterocycles. The van der Waals surface area contributed by atoms with Crippen LogP contribution >= 0.6 is 47.0 Å². The standard InChI is InChI=1S/C25H34N2O2S4/c1-18(30-16-20-12-8-6-9-13-20)32-24(27-29)22(23(28)26-5)25(3,4)33-19(2)31-17-21-14-10-7-11-15-21/h6-15,18-19,22,29H,16-17H2,1-5H3,(H,26,28)/b27-24-. The maximum Gasteiger partial charge on any atom is 0.230 e. The lowest BCUT2D eigenvalue weighted by Crippen LogP contribution is -2.45. The number of rotatable bonds is 12. The maximum atomic E-state index is 12.9. The molecule has 4 nitrogen and oxygen atoms in total. The lowest BCUT2D eigenvalue weighted by Gasteiger charge is -2.35. The topological polar surface area (TPSA) is 61.7 Å². The second-order valence-corrected chi connectivity index (χ2v) is 14.7. The number of nitrogens with zero attached hydrogens (tertiary/aromatic N) is 1. The minimum Gasteiger partial charge on any atom is -0.410 e. The van der Waals surface area contributed by atoms with Gasteiger partial charge in [0.05, 0.1) is 4.58 Å². The predicted molar refractivity (Wildman–Crippen MR) is 150 cm³/mol. The van der Waals surface area contributed by atoms with Crippen molar-refractivity contribution in [3.63, 3.8) is 0 Å². The van der Waals surface area contributed by atoms with Gasteiger partial charge in [-0.05, 0) is 38.8 Å². The Kier molecular flexibility index (Phi) is 12.1. The third-order valence-electron chi connectivity index (χ3n) is 4.96. The number of thioether (sulfide) groups is 4. The molecule has 2 aromatic rings. The first-order chi connectivity index (χ1) is 15.8. The number of nitrogens with one attached hydrogen (secondary N) is 1. The van der Waals surface area contributed by atoms with E-state index in [2.05, 4.69) is 74.6 Å². The van der Waals surface area contributed by atoms with Crippen molar-refractivity contribution in [2.24, 2.45) is 11.1 Å². The highest BCUT2D eigenvalue weighted by atomic mass is 32.2. The zero-order chi connectivity index (χ0) is 24.3. The van der Waals surface area contributed by atoms with Gasteiger partial charge in [-0.25, -0.2) is 0 Å². The lowest BCUT2D eigenvalue weighted by atomic mass is 9.95. The summed E-state index contributed by atoms with van der Waals surface area (Å²) in [5.74, 6) is 1.10. The molecule has 0 heterocycles. The molecule has 180 valence electrons. The van der Waals surface area contributed by atoms with Gasteiger partial charge in [-0.1, -0.05) is 77.6 Å². The van der Waals surface area contributed by atoms with Gasteiger partial charge in [0.2, 0.25) is 5.91 Å².